The Morgan fingerprint density at radius 2 is 1.90 bits per heavy atom. The Morgan fingerprint density at radius 3 is 2.65 bits per heavy atom. The summed E-state index contributed by atoms with van der Waals surface area (Å²) >= 11 is 0. The maximum atomic E-state index is 9.23. The highest BCUT2D eigenvalue weighted by Gasteiger charge is 2.21. The second-order valence-corrected chi connectivity index (χ2v) is 5.55. The van der Waals surface area contributed by atoms with Gasteiger partial charge in [0, 0.05) is 23.5 Å². The van der Waals surface area contributed by atoms with E-state index in [4.69, 9.17) is 0 Å². The van der Waals surface area contributed by atoms with E-state index in [-0.39, 0.29) is 13.2 Å². The van der Waals surface area contributed by atoms with Crippen molar-refractivity contribution in [2.75, 3.05) is 26.3 Å². The molecule has 20 heavy (non-hydrogen) atoms. The molecule has 4 heteroatoms. The van der Waals surface area contributed by atoms with Crippen LogP contribution in [0.25, 0.3) is 10.9 Å². The van der Waals surface area contributed by atoms with Crippen LogP contribution >= 0.6 is 0 Å². The van der Waals surface area contributed by atoms with Gasteiger partial charge in [0.05, 0.1) is 18.7 Å². The summed E-state index contributed by atoms with van der Waals surface area (Å²) in [7, 11) is 0. The summed E-state index contributed by atoms with van der Waals surface area (Å²) < 4.78 is 0. The molecule has 108 valence electrons. The van der Waals surface area contributed by atoms with Crippen LogP contribution in [-0.4, -0.2) is 41.5 Å². The van der Waals surface area contributed by atoms with Gasteiger partial charge in [0.15, 0.2) is 0 Å². The molecular formula is C16H22N2O2. The number of rotatable bonds is 7. The molecule has 0 amide bonds. The number of nitrogens with zero attached hydrogens (tertiary/aromatic N) is 1. The van der Waals surface area contributed by atoms with Crippen LogP contribution in [0.2, 0.25) is 0 Å². The summed E-state index contributed by atoms with van der Waals surface area (Å²) in [5.41, 5.74) is 1.80. The van der Waals surface area contributed by atoms with E-state index >= 15 is 0 Å². The molecule has 0 saturated carbocycles. The predicted molar refractivity (Wildman–Crippen MR) is 80.6 cm³/mol. The summed E-state index contributed by atoms with van der Waals surface area (Å²) in [6.07, 6.45) is 2.69. The van der Waals surface area contributed by atoms with Crippen molar-refractivity contribution in [2.45, 2.75) is 13.3 Å². The number of fused-ring (bicyclic) bond motifs is 1. The van der Waals surface area contributed by atoms with Crippen LogP contribution in [-0.2, 0) is 6.42 Å². The van der Waals surface area contributed by atoms with Crippen molar-refractivity contribution in [1.82, 2.24) is 10.3 Å². The molecule has 1 heterocycles. The van der Waals surface area contributed by atoms with Gasteiger partial charge in [0.1, 0.15) is 0 Å². The topological polar surface area (TPSA) is 65.4 Å². The molecule has 0 atom stereocenters. The Hall–Kier alpha value is -1.49. The third-order valence-corrected chi connectivity index (χ3v) is 3.60. The molecule has 0 aliphatic carbocycles. The van der Waals surface area contributed by atoms with Crippen LogP contribution in [0.4, 0.5) is 0 Å². The first kappa shape index (κ1) is 14.9. The first-order valence-electron chi connectivity index (χ1n) is 6.93. The monoisotopic (exact) mass is 274 g/mol. The first-order chi connectivity index (χ1) is 9.68. The van der Waals surface area contributed by atoms with Crippen LogP contribution in [0.15, 0.2) is 36.5 Å². The fraction of sp³-hybridized carbons (Fsp3) is 0.438. The molecule has 0 fully saturated rings. The second-order valence-electron chi connectivity index (χ2n) is 5.55. The molecule has 0 aliphatic rings. The summed E-state index contributed by atoms with van der Waals surface area (Å²) in [4.78, 5) is 4.43. The first-order valence-corrected chi connectivity index (χ1v) is 6.93. The van der Waals surface area contributed by atoms with E-state index in [0.717, 1.165) is 23.9 Å². The fourth-order valence-corrected chi connectivity index (χ4v) is 2.14. The molecule has 0 saturated heterocycles. The van der Waals surface area contributed by atoms with Gasteiger partial charge < -0.3 is 15.5 Å². The van der Waals surface area contributed by atoms with Gasteiger partial charge in [-0.1, -0.05) is 31.2 Å². The van der Waals surface area contributed by atoms with Crippen LogP contribution in [0.3, 0.4) is 0 Å². The SMILES string of the molecule is CC(CO)(CO)CNCCc1cccc2cccnc12. The van der Waals surface area contributed by atoms with E-state index in [9.17, 15) is 10.2 Å². The highest BCUT2D eigenvalue weighted by Crippen LogP contribution is 2.16. The number of hydrogen-bond donors (Lipinski definition) is 3. The lowest BCUT2D eigenvalue weighted by atomic mass is 9.93. The molecule has 3 N–H and O–H groups in total. The minimum atomic E-state index is -0.461. The van der Waals surface area contributed by atoms with Crippen molar-refractivity contribution in [3.05, 3.63) is 42.1 Å². The number of aliphatic hydroxyl groups is 2. The average molecular weight is 274 g/mol. The second kappa shape index (κ2) is 6.79. The molecule has 1 aromatic carbocycles. The molecule has 0 radical (unpaired) electrons. The van der Waals surface area contributed by atoms with Crippen molar-refractivity contribution in [3.8, 4) is 0 Å². The Kier molecular flexibility index (Phi) is 5.06. The zero-order chi connectivity index (χ0) is 14.4. The number of aromatic nitrogens is 1. The molecule has 4 nitrogen and oxygen atoms in total. The van der Waals surface area contributed by atoms with Gasteiger partial charge in [0.25, 0.3) is 0 Å². The van der Waals surface area contributed by atoms with E-state index < -0.39 is 5.41 Å². The van der Waals surface area contributed by atoms with E-state index in [2.05, 4.69) is 28.5 Å². The molecule has 0 unspecified atom stereocenters. The van der Waals surface area contributed by atoms with Gasteiger partial charge in [0.2, 0.25) is 0 Å². The molecule has 0 bridgehead atoms. The Labute approximate surface area is 119 Å². The van der Waals surface area contributed by atoms with Crippen LogP contribution in [0, 0.1) is 5.41 Å². The molecular weight excluding hydrogens is 252 g/mol. The lowest BCUT2D eigenvalue weighted by Gasteiger charge is -2.24. The minimum Gasteiger partial charge on any atom is -0.396 e. The zero-order valence-electron chi connectivity index (χ0n) is 11.8. The molecule has 0 aliphatic heterocycles. The van der Waals surface area contributed by atoms with Crippen molar-refractivity contribution in [1.29, 1.82) is 0 Å². The highest BCUT2D eigenvalue weighted by atomic mass is 16.3. The van der Waals surface area contributed by atoms with Gasteiger partial charge in [-0.05, 0) is 24.6 Å². The van der Waals surface area contributed by atoms with E-state index in [0.29, 0.717) is 6.54 Å². The number of para-hydroxylation sites is 1. The van der Waals surface area contributed by atoms with E-state index in [1.54, 1.807) is 0 Å². The number of nitrogens with one attached hydrogen (secondary N) is 1. The van der Waals surface area contributed by atoms with Crippen molar-refractivity contribution in [2.24, 2.45) is 5.41 Å². The van der Waals surface area contributed by atoms with Crippen molar-refractivity contribution < 1.29 is 10.2 Å². The molecule has 1 aromatic heterocycles. The Bertz CT molecular complexity index is 548. The summed E-state index contributed by atoms with van der Waals surface area (Å²) in [5.74, 6) is 0. The normalized spacial score (nSPS) is 11.9. The largest absolute Gasteiger partial charge is 0.396 e. The average Bonchev–Trinajstić information content (AvgIpc) is 2.51. The number of aliphatic hydroxyl groups excluding tert-OH is 2. The van der Waals surface area contributed by atoms with Gasteiger partial charge >= 0.3 is 0 Å². The maximum absolute atomic E-state index is 9.23. The Balaban J connectivity index is 1.94. The molecule has 2 aromatic rings. The van der Waals surface area contributed by atoms with E-state index in [1.165, 1.54) is 5.56 Å². The smallest absolute Gasteiger partial charge is 0.0734 e. The van der Waals surface area contributed by atoms with E-state index in [1.807, 2.05) is 25.3 Å². The highest BCUT2D eigenvalue weighted by molar-refractivity contribution is 5.81. The molecule has 0 spiro atoms. The lowest BCUT2D eigenvalue weighted by Crippen LogP contribution is -2.38. The van der Waals surface area contributed by atoms with Crippen LogP contribution in [0.1, 0.15) is 12.5 Å². The van der Waals surface area contributed by atoms with Gasteiger partial charge in [-0.25, -0.2) is 0 Å². The predicted octanol–water partition coefficient (Wildman–Crippen LogP) is 1.36. The van der Waals surface area contributed by atoms with Gasteiger partial charge in [-0.2, -0.15) is 0 Å². The minimum absolute atomic E-state index is 0.0215. The fourth-order valence-electron chi connectivity index (χ4n) is 2.14. The number of pyridine rings is 1. The van der Waals surface area contributed by atoms with Crippen molar-refractivity contribution in [3.63, 3.8) is 0 Å². The third-order valence-electron chi connectivity index (χ3n) is 3.60. The van der Waals surface area contributed by atoms with Gasteiger partial charge in [-0.15, -0.1) is 0 Å². The molecule has 2 rings (SSSR count). The standard InChI is InChI=1S/C16H22N2O2/c1-16(11-19,12-20)10-17-9-7-14-5-2-4-13-6-3-8-18-15(13)14/h2-6,8,17,19-20H,7,9-12H2,1H3. The summed E-state index contributed by atoms with van der Waals surface area (Å²) in [6.45, 7) is 3.21. The van der Waals surface area contributed by atoms with Crippen molar-refractivity contribution >= 4 is 10.9 Å². The summed E-state index contributed by atoms with van der Waals surface area (Å²) in [6, 6.07) is 10.2. The lowest BCUT2D eigenvalue weighted by molar-refractivity contribution is 0.0700. The van der Waals surface area contributed by atoms with Crippen LogP contribution < -0.4 is 5.32 Å². The number of hydrogen-bond acceptors (Lipinski definition) is 4. The number of benzene rings is 1. The maximum Gasteiger partial charge on any atom is 0.0734 e. The Morgan fingerprint density at radius 1 is 1.15 bits per heavy atom. The zero-order valence-corrected chi connectivity index (χ0v) is 11.8. The third kappa shape index (κ3) is 3.54. The van der Waals surface area contributed by atoms with Crippen LogP contribution in [0.5, 0.6) is 0 Å². The summed E-state index contributed by atoms with van der Waals surface area (Å²) in [5, 5.41) is 22.9. The van der Waals surface area contributed by atoms with Gasteiger partial charge in [-0.3, -0.25) is 4.98 Å². The quantitative estimate of drug-likeness (QED) is 0.667.